The van der Waals surface area contributed by atoms with Gasteiger partial charge in [-0.25, -0.2) is 4.79 Å². The summed E-state index contributed by atoms with van der Waals surface area (Å²) in [6.45, 7) is 7.71. The first-order chi connectivity index (χ1) is 6.31. The van der Waals surface area contributed by atoms with E-state index in [1.807, 2.05) is 0 Å². The largest absolute Gasteiger partial charge is 0.490 e. The van der Waals surface area contributed by atoms with Crippen molar-refractivity contribution in [2.24, 2.45) is 0 Å². The molecule has 0 rings (SSSR count). The van der Waals surface area contributed by atoms with Crippen LogP contribution in [0.1, 0.15) is 0 Å². The summed E-state index contributed by atoms with van der Waals surface area (Å²) in [6.07, 6.45) is 2.82. The lowest BCUT2D eigenvalue weighted by Crippen LogP contribution is -2.14. The van der Waals surface area contributed by atoms with Crippen LogP contribution in [-0.4, -0.2) is 32.4 Å². The summed E-state index contributed by atoms with van der Waals surface area (Å²) in [5.41, 5.74) is 0. The minimum absolute atomic E-state index is 0.106. The quantitative estimate of drug-likeness (QED) is 0.244. The van der Waals surface area contributed by atoms with Gasteiger partial charge in [0.05, 0.1) is 19.5 Å². The molecule has 4 nitrogen and oxygen atoms in total. The molecule has 0 amide bonds. The molecular weight excluding hydrogens is 172 g/mol. The predicted molar refractivity (Wildman–Crippen MR) is 48.1 cm³/mol. The molecule has 0 saturated carbocycles. The lowest BCUT2D eigenvalue weighted by molar-refractivity contribution is -0.148. The first-order valence-electron chi connectivity index (χ1n) is 3.88. The second-order valence-electron chi connectivity index (χ2n) is 2.06. The molecule has 0 N–H and O–H groups in total. The highest BCUT2D eigenvalue weighted by molar-refractivity contribution is 5.70. The minimum Gasteiger partial charge on any atom is -0.490 e. The van der Waals surface area contributed by atoms with Crippen molar-refractivity contribution in [3.63, 3.8) is 0 Å². The van der Waals surface area contributed by atoms with E-state index in [9.17, 15) is 4.79 Å². The Kier molecular flexibility index (Phi) is 7.93. The van der Waals surface area contributed by atoms with Crippen molar-refractivity contribution in [1.82, 2.24) is 0 Å². The summed E-state index contributed by atoms with van der Waals surface area (Å²) in [4.78, 5) is 10.8. The third kappa shape index (κ3) is 8.62. The molecule has 0 saturated heterocycles. The summed E-state index contributed by atoms with van der Waals surface area (Å²) < 4.78 is 14.3. The average molecular weight is 186 g/mol. The van der Waals surface area contributed by atoms with E-state index in [1.165, 1.54) is 6.26 Å². The topological polar surface area (TPSA) is 44.8 Å². The minimum atomic E-state index is -0.429. The molecule has 0 spiro atoms. The number of carbonyl (C=O) groups excluding carboxylic acids is 1. The zero-order chi connectivity index (χ0) is 9.94. The second kappa shape index (κ2) is 8.80. The Labute approximate surface area is 77.8 Å². The van der Waals surface area contributed by atoms with E-state index in [1.54, 1.807) is 6.08 Å². The number of rotatable bonds is 8. The SMILES string of the molecule is C=CCOCCOC(=O)COC=C. The van der Waals surface area contributed by atoms with Gasteiger partial charge in [-0.05, 0) is 0 Å². The molecule has 0 aliphatic heterocycles. The van der Waals surface area contributed by atoms with Crippen LogP contribution in [0.25, 0.3) is 0 Å². The molecule has 13 heavy (non-hydrogen) atoms. The van der Waals surface area contributed by atoms with Crippen LogP contribution < -0.4 is 0 Å². The van der Waals surface area contributed by atoms with Crippen LogP contribution in [-0.2, 0) is 19.0 Å². The molecule has 74 valence electrons. The molecule has 0 aliphatic carbocycles. The number of hydrogen-bond acceptors (Lipinski definition) is 4. The van der Waals surface area contributed by atoms with Crippen molar-refractivity contribution in [2.75, 3.05) is 26.4 Å². The Morgan fingerprint density at radius 3 is 2.69 bits per heavy atom. The van der Waals surface area contributed by atoms with Gasteiger partial charge < -0.3 is 14.2 Å². The van der Waals surface area contributed by atoms with Crippen molar-refractivity contribution < 1.29 is 19.0 Å². The van der Waals surface area contributed by atoms with Crippen molar-refractivity contribution in [3.05, 3.63) is 25.5 Å². The van der Waals surface area contributed by atoms with Gasteiger partial charge in [-0.2, -0.15) is 0 Å². The zero-order valence-corrected chi connectivity index (χ0v) is 7.53. The molecule has 0 aromatic heterocycles. The summed E-state index contributed by atoms with van der Waals surface area (Å²) in [5, 5.41) is 0. The van der Waals surface area contributed by atoms with Crippen molar-refractivity contribution >= 4 is 5.97 Å². The summed E-state index contributed by atoms with van der Waals surface area (Å²) in [6, 6.07) is 0. The van der Waals surface area contributed by atoms with E-state index in [0.29, 0.717) is 13.2 Å². The molecule has 0 fully saturated rings. The molecule has 0 aliphatic rings. The molecule has 0 radical (unpaired) electrons. The molecule has 4 heteroatoms. The van der Waals surface area contributed by atoms with E-state index >= 15 is 0 Å². The van der Waals surface area contributed by atoms with Crippen LogP contribution in [0.2, 0.25) is 0 Å². The first kappa shape index (κ1) is 11.7. The van der Waals surface area contributed by atoms with Crippen molar-refractivity contribution in [1.29, 1.82) is 0 Å². The maximum Gasteiger partial charge on any atom is 0.344 e. The second-order valence-corrected chi connectivity index (χ2v) is 2.06. The Morgan fingerprint density at radius 1 is 1.31 bits per heavy atom. The van der Waals surface area contributed by atoms with Crippen molar-refractivity contribution in [3.8, 4) is 0 Å². The van der Waals surface area contributed by atoms with Crippen LogP contribution in [0.4, 0.5) is 0 Å². The van der Waals surface area contributed by atoms with E-state index in [4.69, 9.17) is 9.47 Å². The summed E-state index contributed by atoms with van der Waals surface area (Å²) >= 11 is 0. The maximum absolute atomic E-state index is 10.8. The number of carbonyl (C=O) groups is 1. The highest BCUT2D eigenvalue weighted by Gasteiger charge is 2.00. The van der Waals surface area contributed by atoms with E-state index in [-0.39, 0.29) is 13.2 Å². The normalized spacial score (nSPS) is 8.92. The maximum atomic E-state index is 10.8. The first-order valence-corrected chi connectivity index (χ1v) is 3.88. The molecule has 0 unspecified atom stereocenters. The fraction of sp³-hybridized carbons (Fsp3) is 0.444. The van der Waals surface area contributed by atoms with Gasteiger partial charge in [0, 0.05) is 0 Å². The van der Waals surface area contributed by atoms with Gasteiger partial charge in [0.1, 0.15) is 6.61 Å². The highest BCUT2D eigenvalue weighted by atomic mass is 16.6. The fourth-order valence-electron chi connectivity index (χ4n) is 0.550. The van der Waals surface area contributed by atoms with Gasteiger partial charge in [0.2, 0.25) is 0 Å². The van der Waals surface area contributed by atoms with Crippen LogP contribution in [0.5, 0.6) is 0 Å². The Bertz CT molecular complexity index is 165. The highest BCUT2D eigenvalue weighted by Crippen LogP contribution is 1.83. The lowest BCUT2D eigenvalue weighted by Gasteiger charge is -2.03. The van der Waals surface area contributed by atoms with Gasteiger partial charge in [0.25, 0.3) is 0 Å². The fourth-order valence-corrected chi connectivity index (χ4v) is 0.550. The Balaban J connectivity index is 3.16. The Morgan fingerprint density at radius 2 is 2.08 bits per heavy atom. The van der Waals surface area contributed by atoms with Crippen LogP contribution in [0.3, 0.4) is 0 Å². The van der Waals surface area contributed by atoms with E-state index in [2.05, 4.69) is 17.9 Å². The number of esters is 1. The molecule has 0 aromatic carbocycles. The molecule has 0 aromatic rings. The van der Waals surface area contributed by atoms with Gasteiger partial charge in [-0.3, -0.25) is 0 Å². The number of hydrogen-bond donors (Lipinski definition) is 0. The van der Waals surface area contributed by atoms with Gasteiger partial charge in [-0.1, -0.05) is 12.7 Å². The van der Waals surface area contributed by atoms with E-state index in [0.717, 1.165) is 0 Å². The van der Waals surface area contributed by atoms with Crippen LogP contribution in [0, 0.1) is 0 Å². The van der Waals surface area contributed by atoms with E-state index < -0.39 is 5.97 Å². The van der Waals surface area contributed by atoms with Crippen LogP contribution in [0.15, 0.2) is 25.5 Å². The zero-order valence-electron chi connectivity index (χ0n) is 7.53. The molecule has 0 heterocycles. The number of ether oxygens (including phenoxy) is 3. The summed E-state index contributed by atoms with van der Waals surface area (Å²) in [5.74, 6) is -0.429. The monoisotopic (exact) mass is 186 g/mol. The average Bonchev–Trinajstić information content (AvgIpc) is 2.14. The van der Waals surface area contributed by atoms with Crippen molar-refractivity contribution in [2.45, 2.75) is 0 Å². The standard InChI is InChI=1S/C9H14O4/c1-3-5-12-6-7-13-9(10)8-11-4-2/h3-4H,1-2,5-8H2. The molecular formula is C9H14O4. The molecule has 0 bridgehead atoms. The third-order valence-corrected chi connectivity index (χ3v) is 1.05. The molecule has 0 atom stereocenters. The Hall–Kier alpha value is -1.29. The van der Waals surface area contributed by atoms with Crippen LogP contribution >= 0.6 is 0 Å². The van der Waals surface area contributed by atoms with Gasteiger partial charge in [-0.15, -0.1) is 6.58 Å². The van der Waals surface area contributed by atoms with Gasteiger partial charge in [0.15, 0.2) is 6.61 Å². The smallest absolute Gasteiger partial charge is 0.344 e. The lowest BCUT2D eigenvalue weighted by atomic mass is 10.6. The third-order valence-electron chi connectivity index (χ3n) is 1.05. The predicted octanol–water partition coefficient (Wildman–Crippen LogP) is 0.892. The van der Waals surface area contributed by atoms with Gasteiger partial charge >= 0.3 is 5.97 Å². The summed E-state index contributed by atoms with van der Waals surface area (Å²) in [7, 11) is 0.